The van der Waals surface area contributed by atoms with Crippen molar-refractivity contribution in [2.75, 3.05) is 6.61 Å². The van der Waals surface area contributed by atoms with E-state index in [1.165, 1.54) is 0 Å². The zero-order valence-electron chi connectivity index (χ0n) is 13.0. The molecule has 0 unspecified atom stereocenters. The van der Waals surface area contributed by atoms with E-state index in [4.69, 9.17) is 9.47 Å². The number of hydrogen-bond acceptors (Lipinski definition) is 4. The molecule has 1 amide bonds. The fraction of sp³-hybridized carbons (Fsp3) is 0.263. The molecule has 2 atom stereocenters. The molecule has 122 valence electrons. The standard InChI is InChI=1S/C19H17NO4/c21-18(17-11-12-5-1-2-6-13(12)19(22)24-17)20-15-9-10-23-16-8-4-3-7-14(15)16/h1-8,15,17H,9-11H2,(H,20,21)/t15-,17-/m0/s1. The van der Waals surface area contributed by atoms with E-state index in [0.717, 1.165) is 16.9 Å². The number of carbonyl (C=O) groups is 2. The first-order chi connectivity index (χ1) is 11.7. The second-order valence-corrected chi connectivity index (χ2v) is 5.99. The van der Waals surface area contributed by atoms with Gasteiger partial charge in [0, 0.05) is 18.4 Å². The van der Waals surface area contributed by atoms with Crippen LogP contribution in [0.3, 0.4) is 0 Å². The average molecular weight is 323 g/mol. The monoisotopic (exact) mass is 323 g/mol. The van der Waals surface area contributed by atoms with Gasteiger partial charge in [0.2, 0.25) is 0 Å². The second-order valence-electron chi connectivity index (χ2n) is 5.99. The first-order valence-corrected chi connectivity index (χ1v) is 8.03. The van der Waals surface area contributed by atoms with Crippen molar-refractivity contribution in [1.29, 1.82) is 0 Å². The van der Waals surface area contributed by atoms with Gasteiger partial charge in [0.25, 0.3) is 5.91 Å². The Bertz CT molecular complexity index is 801. The van der Waals surface area contributed by atoms with Crippen molar-refractivity contribution in [1.82, 2.24) is 5.32 Å². The molecule has 5 heteroatoms. The first kappa shape index (κ1) is 14.8. The van der Waals surface area contributed by atoms with Gasteiger partial charge in [-0.25, -0.2) is 4.79 Å². The van der Waals surface area contributed by atoms with Crippen molar-refractivity contribution in [3.05, 3.63) is 65.2 Å². The normalized spacial score (nSPS) is 21.8. The van der Waals surface area contributed by atoms with E-state index < -0.39 is 12.1 Å². The third-order valence-electron chi connectivity index (χ3n) is 4.46. The molecule has 0 saturated heterocycles. The van der Waals surface area contributed by atoms with Crippen LogP contribution in [0.25, 0.3) is 0 Å². The van der Waals surface area contributed by atoms with Crippen LogP contribution in [0.4, 0.5) is 0 Å². The van der Waals surface area contributed by atoms with Gasteiger partial charge in [-0.05, 0) is 17.7 Å². The second kappa shape index (κ2) is 6.00. The van der Waals surface area contributed by atoms with E-state index in [-0.39, 0.29) is 11.9 Å². The first-order valence-electron chi connectivity index (χ1n) is 8.03. The van der Waals surface area contributed by atoms with Crippen molar-refractivity contribution in [3.63, 3.8) is 0 Å². The van der Waals surface area contributed by atoms with E-state index in [9.17, 15) is 9.59 Å². The SMILES string of the molecule is O=C1O[C@H](C(=O)N[C@H]2CCOc3ccccc32)Cc2ccccc21. The van der Waals surface area contributed by atoms with Crippen molar-refractivity contribution >= 4 is 11.9 Å². The number of esters is 1. The Morgan fingerprint density at radius 2 is 1.88 bits per heavy atom. The van der Waals surface area contributed by atoms with Gasteiger partial charge in [-0.15, -0.1) is 0 Å². The Balaban J connectivity index is 1.51. The number of ether oxygens (including phenoxy) is 2. The van der Waals surface area contributed by atoms with Gasteiger partial charge in [-0.2, -0.15) is 0 Å². The number of cyclic esters (lactones) is 1. The Morgan fingerprint density at radius 1 is 1.08 bits per heavy atom. The van der Waals surface area contributed by atoms with Crippen molar-refractivity contribution in [2.24, 2.45) is 0 Å². The number of para-hydroxylation sites is 1. The highest BCUT2D eigenvalue weighted by Crippen LogP contribution is 2.32. The molecule has 0 spiro atoms. The molecule has 0 aromatic heterocycles. The molecule has 4 rings (SSSR count). The fourth-order valence-corrected chi connectivity index (χ4v) is 3.23. The lowest BCUT2D eigenvalue weighted by Gasteiger charge is -2.29. The molecule has 0 radical (unpaired) electrons. The number of nitrogens with one attached hydrogen (secondary N) is 1. The Labute approximate surface area is 139 Å². The Hall–Kier alpha value is -2.82. The molecule has 5 nitrogen and oxygen atoms in total. The molecule has 0 bridgehead atoms. The van der Waals surface area contributed by atoms with Crippen LogP contribution in [0.5, 0.6) is 5.75 Å². The van der Waals surface area contributed by atoms with Gasteiger partial charge in [0.1, 0.15) is 5.75 Å². The van der Waals surface area contributed by atoms with Crippen LogP contribution in [-0.2, 0) is 16.0 Å². The smallest absolute Gasteiger partial charge is 0.339 e. The van der Waals surface area contributed by atoms with Crippen LogP contribution in [0, 0.1) is 0 Å². The summed E-state index contributed by atoms with van der Waals surface area (Å²) < 4.78 is 10.9. The summed E-state index contributed by atoms with van der Waals surface area (Å²) in [5.74, 6) is 0.0870. The van der Waals surface area contributed by atoms with Gasteiger partial charge < -0.3 is 14.8 Å². The number of rotatable bonds is 2. The molecule has 0 saturated carbocycles. The van der Waals surface area contributed by atoms with E-state index in [0.29, 0.717) is 25.0 Å². The number of fused-ring (bicyclic) bond motifs is 2. The van der Waals surface area contributed by atoms with Gasteiger partial charge in [0.15, 0.2) is 6.10 Å². The van der Waals surface area contributed by atoms with Crippen LogP contribution in [-0.4, -0.2) is 24.6 Å². The van der Waals surface area contributed by atoms with E-state index in [1.807, 2.05) is 36.4 Å². The van der Waals surface area contributed by atoms with Crippen molar-refractivity contribution in [3.8, 4) is 5.75 Å². The molecular weight excluding hydrogens is 306 g/mol. The highest BCUT2D eigenvalue weighted by atomic mass is 16.5. The molecule has 2 aliphatic heterocycles. The zero-order valence-corrected chi connectivity index (χ0v) is 13.0. The maximum absolute atomic E-state index is 12.6. The van der Waals surface area contributed by atoms with Crippen LogP contribution in [0.15, 0.2) is 48.5 Å². The van der Waals surface area contributed by atoms with E-state index in [2.05, 4.69) is 5.32 Å². The van der Waals surface area contributed by atoms with Crippen LogP contribution < -0.4 is 10.1 Å². The number of amides is 1. The van der Waals surface area contributed by atoms with Crippen molar-refractivity contribution < 1.29 is 19.1 Å². The minimum atomic E-state index is -0.789. The lowest BCUT2D eigenvalue weighted by molar-refractivity contribution is -0.131. The molecule has 2 aromatic carbocycles. The van der Waals surface area contributed by atoms with E-state index in [1.54, 1.807) is 12.1 Å². The molecule has 2 heterocycles. The predicted molar refractivity (Wildman–Crippen MR) is 86.8 cm³/mol. The van der Waals surface area contributed by atoms with Crippen LogP contribution in [0.2, 0.25) is 0 Å². The summed E-state index contributed by atoms with van der Waals surface area (Å²) in [6.07, 6.45) is 0.306. The lowest BCUT2D eigenvalue weighted by Crippen LogP contribution is -2.44. The van der Waals surface area contributed by atoms with Gasteiger partial charge in [-0.3, -0.25) is 4.79 Å². The fourth-order valence-electron chi connectivity index (χ4n) is 3.23. The molecule has 1 N–H and O–H groups in total. The summed E-state index contributed by atoms with van der Waals surface area (Å²) in [6.45, 7) is 0.551. The van der Waals surface area contributed by atoms with Crippen LogP contribution >= 0.6 is 0 Å². The largest absolute Gasteiger partial charge is 0.493 e. The molecular formula is C19H17NO4. The average Bonchev–Trinajstić information content (AvgIpc) is 2.62. The summed E-state index contributed by atoms with van der Waals surface area (Å²) in [6, 6.07) is 14.8. The number of benzene rings is 2. The highest BCUT2D eigenvalue weighted by molar-refractivity contribution is 5.95. The van der Waals surface area contributed by atoms with Gasteiger partial charge >= 0.3 is 5.97 Å². The van der Waals surface area contributed by atoms with Crippen LogP contribution in [0.1, 0.15) is 33.9 Å². The Kier molecular flexibility index (Phi) is 3.69. The van der Waals surface area contributed by atoms with E-state index >= 15 is 0 Å². The number of hydrogen-bond donors (Lipinski definition) is 1. The minimum absolute atomic E-state index is 0.127. The summed E-state index contributed by atoms with van der Waals surface area (Å²) in [5.41, 5.74) is 2.35. The minimum Gasteiger partial charge on any atom is -0.493 e. The third kappa shape index (κ3) is 2.62. The lowest BCUT2D eigenvalue weighted by atomic mass is 9.97. The summed E-state index contributed by atoms with van der Waals surface area (Å²) in [5, 5.41) is 3.00. The third-order valence-corrected chi connectivity index (χ3v) is 4.46. The highest BCUT2D eigenvalue weighted by Gasteiger charge is 2.33. The zero-order chi connectivity index (χ0) is 16.5. The summed E-state index contributed by atoms with van der Waals surface area (Å²) >= 11 is 0. The quantitative estimate of drug-likeness (QED) is 0.862. The Morgan fingerprint density at radius 3 is 2.79 bits per heavy atom. The van der Waals surface area contributed by atoms with Gasteiger partial charge in [0.05, 0.1) is 18.2 Å². The molecule has 0 aliphatic carbocycles. The maximum Gasteiger partial charge on any atom is 0.339 e. The van der Waals surface area contributed by atoms with Gasteiger partial charge in [-0.1, -0.05) is 36.4 Å². The molecule has 2 aromatic rings. The summed E-state index contributed by atoms with van der Waals surface area (Å²) in [7, 11) is 0. The molecule has 0 fully saturated rings. The molecule has 24 heavy (non-hydrogen) atoms. The maximum atomic E-state index is 12.6. The predicted octanol–water partition coefficient (Wildman–Crippen LogP) is 2.41. The van der Waals surface area contributed by atoms with Crippen molar-refractivity contribution in [2.45, 2.75) is 25.0 Å². The molecule has 2 aliphatic rings. The number of carbonyl (C=O) groups excluding carboxylic acids is 2. The topological polar surface area (TPSA) is 64.6 Å². The summed E-state index contributed by atoms with van der Waals surface area (Å²) in [4.78, 5) is 24.7.